The maximum Gasteiger partial charge on any atom is 0.246 e. The Morgan fingerprint density at radius 2 is 1.96 bits per heavy atom. The lowest BCUT2D eigenvalue weighted by Crippen LogP contribution is -2.24. The van der Waals surface area contributed by atoms with E-state index in [1.165, 1.54) is 30.2 Å². The molecule has 2 rings (SSSR count). The number of ether oxygens (including phenoxy) is 2. The summed E-state index contributed by atoms with van der Waals surface area (Å²) < 4.78 is 23.4. The lowest BCUT2D eigenvalue weighted by molar-refractivity contribution is -0.125. The molecule has 0 aromatic heterocycles. The van der Waals surface area contributed by atoms with Crippen LogP contribution in [0.15, 0.2) is 48.5 Å². The number of amides is 1. The molecule has 0 heterocycles. The van der Waals surface area contributed by atoms with E-state index >= 15 is 0 Å². The molecular weight excluding hydrogens is 335 g/mol. The fraction of sp³-hybridized carbons (Fsp3) is 0.200. The highest BCUT2D eigenvalue weighted by molar-refractivity contribution is 5.91. The van der Waals surface area contributed by atoms with Crippen molar-refractivity contribution in [3.8, 4) is 17.6 Å². The summed E-state index contributed by atoms with van der Waals surface area (Å²) in [5.74, 6) is 0.456. The highest BCUT2D eigenvalue weighted by Gasteiger charge is 2.07. The number of nitriles is 1. The molecule has 6 heteroatoms. The number of halogens is 1. The number of carbonyl (C=O) groups excluding carboxylic acids is 1. The Kier molecular flexibility index (Phi) is 6.75. The van der Waals surface area contributed by atoms with Crippen LogP contribution in [0, 0.1) is 17.1 Å². The average Bonchev–Trinajstić information content (AvgIpc) is 2.66. The topological polar surface area (TPSA) is 62.6 Å². The van der Waals surface area contributed by atoms with Crippen LogP contribution in [-0.2, 0) is 11.3 Å². The molecular formula is C20H19FN2O3. The summed E-state index contributed by atoms with van der Waals surface area (Å²) in [6.07, 6.45) is 3.12. The number of methoxy groups -OCH3 is 1. The zero-order valence-corrected chi connectivity index (χ0v) is 14.6. The lowest BCUT2D eigenvalue weighted by atomic mass is 10.1. The maximum atomic E-state index is 12.9. The Balaban J connectivity index is 2.02. The number of likely N-dealkylation sites (N-methyl/N-ethyl adjacent to an activating group) is 1. The summed E-state index contributed by atoms with van der Waals surface area (Å²) in [5, 5.41) is 8.57. The highest BCUT2D eigenvalue weighted by atomic mass is 19.1. The monoisotopic (exact) mass is 354 g/mol. The molecule has 1 amide bonds. The van der Waals surface area contributed by atoms with E-state index in [0.717, 1.165) is 11.1 Å². The van der Waals surface area contributed by atoms with Gasteiger partial charge in [0.05, 0.1) is 7.11 Å². The smallest absolute Gasteiger partial charge is 0.246 e. The van der Waals surface area contributed by atoms with Crippen molar-refractivity contribution in [2.24, 2.45) is 0 Å². The molecule has 0 aliphatic carbocycles. The van der Waals surface area contributed by atoms with Crippen LogP contribution >= 0.6 is 0 Å². The SMILES string of the molecule is COc1cc(/C=C/C(=O)N(C)Cc2ccc(F)cc2)ccc1OCC#N. The molecule has 0 saturated carbocycles. The normalized spacial score (nSPS) is 10.4. The van der Waals surface area contributed by atoms with Crippen LogP contribution in [0.1, 0.15) is 11.1 Å². The number of nitrogens with zero attached hydrogens (tertiary/aromatic N) is 2. The van der Waals surface area contributed by atoms with Gasteiger partial charge < -0.3 is 14.4 Å². The molecule has 0 saturated heterocycles. The third-order valence-electron chi connectivity index (χ3n) is 3.61. The van der Waals surface area contributed by atoms with Crippen molar-refractivity contribution in [3.63, 3.8) is 0 Å². The molecule has 0 unspecified atom stereocenters. The third kappa shape index (κ3) is 5.35. The molecule has 2 aromatic rings. The fourth-order valence-electron chi connectivity index (χ4n) is 2.25. The molecule has 0 aliphatic heterocycles. The molecule has 134 valence electrons. The minimum absolute atomic E-state index is 0.0712. The van der Waals surface area contributed by atoms with E-state index < -0.39 is 0 Å². The van der Waals surface area contributed by atoms with Crippen molar-refractivity contribution >= 4 is 12.0 Å². The van der Waals surface area contributed by atoms with Gasteiger partial charge in [-0.3, -0.25) is 4.79 Å². The van der Waals surface area contributed by atoms with Gasteiger partial charge in [0.1, 0.15) is 11.9 Å². The van der Waals surface area contributed by atoms with Gasteiger partial charge in [-0.15, -0.1) is 0 Å². The van der Waals surface area contributed by atoms with Gasteiger partial charge in [-0.2, -0.15) is 5.26 Å². The minimum atomic E-state index is -0.307. The van der Waals surface area contributed by atoms with Crippen LogP contribution in [0.5, 0.6) is 11.5 Å². The standard InChI is InChI=1S/C20H19FN2O3/c1-23(14-16-3-7-17(21)8-4-16)20(24)10-6-15-5-9-18(26-12-11-22)19(13-15)25-2/h3-10,13H,12,14H2,1-2H3/b10-6+. The first-order chi connectivity index (χ1) is 12.5. The first-order valence-corrected chi connectivity index (χ1v) is 7.89. The Morgan fingerprint density at radius 3 is 2.62 bits per heavy atom. The van der Waals surface area contributed by atoms with Gasteiger partial charge in [0.15, 0.2) is 18.1 Å². The maximum absolute atomic E-state index is 12.9. The molecule has 2 aromatic carbocycles. The van der Waals surface area contributed by atoms with Gasteiger partial charge in [-0.1, -0.05) is 18.2 Å². The predicted octanol–water partition coefficient (Wildman–Crippen LogP) is 3.41. The fourth-order valence-corrected chi connectivity index (χ4v) is 2.25. The zero-order chi connectivity index (χ0) is 18.9. The van der Waals surface area contributed by atoms with Crippen LogP contribution in [0.3, 0.4) is 0 Å². The number of hydrogen-bond acceptors (Lipinski definition) is 4. The second-order valence-corrected chi connectivity index (χ2v) is 5.51. The van der Waals surface area contributed by atoms with E-state index in [1.54, 1.807) is 43.5 Å². The third-order valence-corrected chi connectivity index (χ3v) is 3.61. The van der Waals surface area contributed by atoms with E-state index in [4.69, 9.17) is 14.7 Å². The number of hydrogen-bond donors (Lipinski definition) is 0. The van der Waals surface area contributed by atoms with Gasteiger partial charge in [-0.25, -0.2) is 4.39 Å². The Bertz CT molecular complexity index is 826. The molecule has 0 aliphatic rings. The van der Waals surface area contributed by atoms with Crippen molar-refractivity contribution in [1.82, 2.24) is 4.90 Å². The van der Waals surface area contributed by atoms with Crippen molar-refractivity contribution in [1.29, 1.82) is 5.26 Å². The van der Waals surface area contributed by atoms with Crippen LogP contribution in [-0.4, -0.2) is 31.6 Å². The molecule has 26 heavy (non-hydrogen) atoms. The Labute approximate surface area is 151 Å². The van der Waals surface area contributed by atoms with Gasteiger partial charge in [0.25, 0.3) is 0 Å². The van der Waals surface area contributed by atoms with Gasteiger partial charge in [0.2, 0.25) is 5.91 Å². The summed E-state index contributed by atoms with van der Waals surface area (Å²) in [7, 11) is 3.18. The van der Waals surface area contributed by atoms with Crippen molar-refractivity contribution in [2.45, 2.75) is 6.54 Å². The molecule has 0 spiro atoms. The van der Waals surface area contributed by atoms with Crippen molar-refractivity contribution in [3.05, 3.63) is 65.5 Å². The zero-order valence-electron chi connectivity index (χ0n) is 14.6. The highest BCUT2D eigenvalue weighted by Crippen LogP contribution is 2.28. The number of carbonyl (C=O) groups is 1. The van der Waals surface area contributed by atoms with Gasteiger partial charge >= 0.3 is 0 Å². The van der Waals surface area contributed by atoms with Crippen LogP contribution < -0.4 is 9.47 Å². The first-order valence-electron chi connectivity index (χ1n) is 7.89. The second-order valence-electron chi connectivity index (χ2n) is 5.51. The summed E-state index contributed by atoms with van der Waals surface area (Å²) in [4.78, 5) is 13.8. The number of rotatable bonds is 7. The molecule has 5 nitrogen and oxygen atoms in total. The minimum Gasteiger partial charge on any atom is -0.493 e. The van der Waals surface area contributed by atoms with Crippen molar-refractivity contribution < 1.29 is 18.7 Å². The first kappa shape index (κ1) is 19.0. The van der Waals surface area contributed by atoms with Crippen LogP contribution in [0.4, 0.5) is 4.39 Å². The Hall–Kier alpha value is -3.33. The van der Waals surface area contributed by atoms with E-state index in [0.29, 0.717) is 18.0 Å². The molecule has 0 atom stereocenters. The van der Waals surface area contributed by atoms with E-state index in [2.05, 4.69) is 0 Å². The van der Waals surface area contributed by atoms with Crippen molar-refractivity contribution in [2.75, 3.05) is 20.8 Å². The molecule has 0 bridgehead atoms. The quantitative estimate of drug-likeness (QED) is 0.715. The molecule has 0 radical (unpaired) electrons. The predicted molar refractivity (Wildman–Crippen MR) is 96.0 cm³/mol. The second kappa shape index (κ2) is 9.23. The largest absolute Gasteiger partial charge is 0.493 e. The lowest BCUT2D eigenvalue weighted by Gasteiger charge is -2.15. The van der Waals surface area contributed by atoms with Gasteiger partial charge in [-0.05, 0) is 41.5 Å². The van der Waals surface area contributed by atoms with E-state index in [1.807, 2.05) is 6.07 Å². The molecule has 0 N–H and O–H groups in total. The van der Waals surface area contributed by atoms with E-state index in [9.17, 15) is 9.18 Å². The van der Waals surface area contributed by atoms with E-state index in [-0.39, 0.29) is 18.3 Å². The summed E-state index contributed by atoms with van der Waals surface area (Å²) in [6.45, 7) is 0.311. The molecule has 0 fully saturated rings. The van der Waals surface area contributed by atoms with Crippen LogP contribution in [0.25, 0.3) is 6.08 Å². The van der Waals surface area contributed by atoms with Crippen LogP contribution in [0.2, 0.25) is 0 Å². The summed E-state index contributed by atoms with van der Waals surface area (Å²) in [6, 6.07) is 13.1. The Morgan fingerprint density at radius 1 is 1.23 bits per heavy atom. The summed E-state index contributed by atoms with van der Waals surface area (Å²) >= 11 is 0. The summed E-state index contributed by atoms with van der Waals surface area (Å²) in [5.41, 5.74) is 1.60. The average molecular weight is 354 g/mol. The number of benzene rings is 2. The van der Waals surface area contributed by atoms with Gasteiger partial charge in [0, 0.05) is 19.7 Å².